The van der Waals surface area contributed by atoms with Gasteiger partial charge in [-0.2, -0.15) is 0 Å². The van der Waals surface area contributed by atoms with Crippen molar-refractivity contribution < 1.29 is 19.4 Å². The van der Waals surface area contributed by atoms with Crippen molar-refractivity contribution in [1.82, 2.24) is 10.2 Å². The van der Waals surface area contributed by atoms with E-state index in [-0.39, 0.29) is 23.8 Å². The number of likely N-dealkylation sites (tertiary alicyclic amines) is 1. The summed E-state index contributed by atoms with van der Waals surface area (Å²) in [5.74, 6) is -1.02. The van der Waals surface area contributed by atoms with Gasteiger partial charge in [0.15, 0.2) is 0 Å². The molecule has 2 N–H and O–H groups in total. The highest BCUT2D eigenvalue weighted by Crippen LogP contribution is 2.35. The minimum Gasteiger partial charge on any atom is -0.480 e. The molecule has 2 aliphatic heterocycles. The van der Waals surface area contributed by atoms with Crippen LogP contribution in [0.15, 0.2) is 0 Å². The van der Waals surface area contributed by atoms with E-state index < -0.39 is 12.0 Å². The number of hydrogen-bond acceptors (Lipinski definition) is 4. The van der Waals surface area contributed by atoms with Crippen molar-refractivity contribution in [3.05, 3.63) is 0 Å². The van der Waals surface area contributed by atoms with E-state index in [1.165, 1.54) is 4.90 Å². The molecule has 2 fully saturated rings. The second-order valence-corrected chi connectivity index (χ2v) is 6.32. The smallest absolute Gasteiger partial charge is 0.326 e. The lowest BCUT2D eigenvalue weighted by molar-refractivity contribution is -0.160. The van der Waals surface area contributed by atoms with Crippen LogP contribution in [0.25, 0.3) is 0 Å². The lowest BCUT2D eigenvalue weighted by atomic mass is 9.76. The van der Waals surface area contributed by atoms with Crippen molar-refractivity contribution in [2.75, 3.05) is 26.2 Å². The molecule has 0 saturated carbocycles. The standard InChI is InChI=1S/C14H24N2O4/c1-14(2)4-3-6-16(12(14)13(18)19)11(17)8-10-9-15-5-7-20-10/h10,12,15H,3-9H2,1-2H3,(H,18,19). The Hall–Kier alpha value is -1.14. The molecule has 6 heteroatoms. The van der Waals surface area contributed by atoms with Crippen molar-refractivity contribution in [2.24, 2.45) is 5.41 Å². The van der Waals surface area contributed by atoms with E-state index in [0.29, 0.717) is 19.7 Å². The molecule has 0 spiro atoms. The fourth-order valence-corrected chi connectivity index (χ4v) is 3.19. The van der Waals surface area contributed by atoms with Gasteiger partial charge in [0.05, 0.1) is 19.1 Å². The Kier molecular flexibility index (Phi) is 4.65. The topological polar surface area (TPSA) is 78.9 Å². The third-order valence-electron chi connectivity index (χ3n) is 4.23. The van der Waals surface area contributed by atoms with E-state index in [9.17, 15) is 14.7 Å². The van der Waals surface area contributed by atoms with Crippen molar-refractivity contribution in [3.8, 4) is 0 Å². The van der Waals surface area contributed by atoms with Crippen LogP contribution in [0.5, 0.6) is 0 Å². The molecule has 0 aromatic rings. The van der Waals surface area contributed by atoms with Crippen molar-refractivity contribution >= 4 is 11.9 Å². The highest BCUT2D eigenvalue weighted by atomic mass is 16.5. The molecule has 0 aromatic carbocycles. The SMILES string of the molecule is CC1(C)CCCN(C(=O)CC2CNCCO2)C1C(=O)O. The molecule has 20 heavy (non-hydrogen) atoms. The Morgan fingerprint density at radius 1 is 1.45 bits per heavy atom. The van der Waals surface area contributed by atoms with Crippen molar-refractivity contribution in [1.29, 1.82) is 0 Å². The lowest BCUT2D eigenvalue weighted by Gasteiger charge is -2.44. The second kappa shape index (κ2) is 6.10. The predicted octanol–water partition coefficient (Wildman–Crippen LogP) is 0.467. The van der Waals surface area contributed by atoms with Gasteiger partial charge in [-0.3, -0.25) is 4.79 Å². The van der Waals surface area contributed by atoms with Gasteiger partial charge in [0.1, 0.15) is 6.04 Å². The van der Waals surface area contributed by atoms with E-state index in [4.69, 9.17) is 4.74 Å². The summed E-state index contributed by atoms with van der Waals surface area (Å²) in [6.07, 6.45) is 1.80. The van der Waals surface area contributed by atoms with E-state index in [1.54, 1.807) is 0 Å². The van der Waals surface area contributed by atoms with E-state index >= 15 is 0 Å². The molecule has 1 amide bonds. The Bertz CT molecular complexity index is 377. The summed E-state index contributed by atoms with van der Waals surface area (Å²) in [5, 5.41) is 12.6. The Labute approximate surface area is 119 Å². The summed E-state index contributed by atoms with van der Waals surface area (Å²) < 4.78 is 5.53. The zero-order valence-corrected chi connectivity index (χ0v) is 12.2. The molecule has 2 aliphatic rings. The number of amides is 1. The average molecular weight is 284 g/mol. The number of carbonyl (C=O) groups is 2. The Morgan fingerprint density at radius 3 is 2.80 bits per heavy atom. The van der Waals surface area contributed by atoms with Gasteiger partial charge in [-0.25, -0.2) is 4.79 Å². The summed E-state index contributed by atoms with van der Waals surface area (Å²) in [4.78, 5) is 25.5. The average Bonchev–Trinajstić information content (AvgIpc) is 2.37. The minimum atomic E-state index is -0.911. The van der Waals surface area contributed by atoms with Crippen LogP contribution in [0.2, 0.25) is 0 Å². The van der Waals surface area contributed by atoms with Crippen LogP contribution in [0, 0.1) is 5.41 Å². The number of nitrogens with one attached hydrogen (secondary N) is 1. The molecule has 0 radical (unpaired) electrons. The first kappa shape index (κ1) is 15.3. The maximum absolute atomic E-state index is 12.4. The van der Waals surface area contributed by atoms with Gasteiger partial charge < -0.3 is 20.1 Å². The summed E-state index contributed by atoms with van der Waals surface area (Å²) in [5.41, 5.74) is -0.384. The molecule has 6 nitrogen and oxygen atoms in total. The van der Waals surface area contributed by atoms with Gasteiger partial charge in [0.25, 0.3) is 0 Å². The summed E-state index contributed by atoms with van der Waals surface area (Å²) in [7, 11) is 0. The highest BCUT2D eigenvalue weighted by Gasteiger charge is 2.44. The van der Waals surface area contributed by atoms with Gasteiger partial charge in [-0.05, 0) is 18.3 Å². The quantitative estimate of drug-likeness (QED) is 0.787. The van der Waals surface area contributed by atoms with Crippen LogP contribution in [0.4, 0.5) is 0 Å². The van der Waals surface area contributed by atoms with E-state index in [0.717, 1.165) is 19.4 Å². The molecule has 2 rings (SSSR count). The molecule has 0 bridgehead atoms. The summed E-state index contributed by atoms with van der Waals surface area (Å²) in [6, 6.07) is -0.736. The first-order chi connectivity index (χ1) is 9.42. The van der Waals surface area contributed by atoms with Crippen LogP contribution in [0.3, 0.4) is 0 Å². The Balaban J connectivity index is 2.04. The molecule has 2 unspecified atom stereocenters. The second-order valence-electron chi connectivity index (χ2n) is 6.32. The number of ether oxygens (including phenoxy) is 1. The molecule has 2 heterocycles. The van der Waals surface area contributed by atoms with Gasteiger partial charge in [-0.15, -0.1) is 0 Å². The van der Waals surface area contributed by atoms with Crippen LogP contribution in [0.1, 0.15) is 33.1 Å². The fraction of sp³-hybridized carbons (Fsp3) is 0.857. The van der Waals surface area contributed by atoms with Crippen molar-refractivity contribution in [2.45, 2.75) is 45.3 Å². The van der Waals surface area contributed by atoms with E-state index in [1.807, 2.05) is 13.8 Å². The molecule has 0 aromatic heterocycles. The first-order valence-electron chi connectivity index (χ1n) is 7.26. The van der Waals surface area contributed by atoms with Crippen LogP contribution in [-0.2, 0) is 14.3 Å². The van der Waals surface area contributed by atoms with Gasteiger partial charge >= 0.3 is 5.97 Å². The maximum Gasteiger partial charge on any atom is 0.326 e. The summed E-state index contributed by atoms with van der Waals surface area (Å²) in [6.45, 7) is 6.43. The van der Waals surface area contributed by atoms with Crippen molar-refractivity contribution in [3.63, 3.8) is 0 Å². The predicted molar refractivity (Wildman–Crippen MR) is 73.4 cm³/mol. The maximum atomic E-state index is 12.4. The first-order valence-corrected chi connectivity index (χ1v) is 7.26. The van der Waals surface area contributed by atoms with Crippen LogP contribution >= 0.6 is 0 Å². The molecular formula is C14H24N2O4. The number of nitrogens with zero attached hydrogens (tertiary/aromatic N) is 1. The van der Waals surface area contributed by atoms with Gasteiger partial charge in [-0.1, -0.05) is 13.8 Å². The number of rotatable bonds is 3. The van der Waals surface area contributed by atoms with Crippen LogP contribution < -0.4 is 5.32 Å². The number of aliphatic carboxylic acids is 1. The largest absolute Gasteiger partial charge is 0.480 e. The number of carboxylic acids is 1. The molecule has 2 atom stereocenters. The normalized spacial score (nSPS) is 30.0. The third-order valence-corrected chi connectivity index (χ3v) is 4.23. The fourth-order valence-electron chi connectivity index (χ4n) is 3.19. The van der Waals surface area contributed by atoms with E-state index in [2.05, 4.69) is 5.32 Å². The van der Waals surface area contributed by atoms with Gasteiger partial charge in [0.2, 0.25) is 5.91 Å². The Morgan fingerprint density at radius 2 is 2.20 bits per heavy atom. The number of morpholine rings is 1. The molecular weight excluding hydrogens is 260 g/mol. The third kappa shape index (κ3) is 3.30. The summed E-state index contributed by atoms with van der Waals surface area (Å²) >= 11 is 0. The number of carbonyl (C=O) groups excluding carboxylic acids is 1. The molecule has 114 valence electrons. The number of hydrogen-bond donors (Lipinski definition) is 2. The van der Waals surface area contributed by atoms with Gasteiger partial charge in [0, 0.05) is 19.6 Å². The number of piperidine rings is 1. The monoisotopic (exact) mass is 284 g/mol. The lowest BCUT2D eigenvalue weighted by Crippen LogP contribution is -2.57. The minimum absolute atomic E-state index is 0.112. The zero-order valence-electron chi connectivity index (χ0n) is 12.2. The molecule has 0 aliphatic carbocycles. The zero-order chi connectivity index (χ0) is 14.8. The van der Waals surface area contributed by atoms with Crippen LogP contribution in [-0.4, -0.2) is 60.3 Å². The number of carboxylic acid groups (broad SMARTS) is 1. The highest BCUT2D eigenvalue weighted by molar-refractivity contribution is 5.84. The molecule has 2 saturated heterocycles.